The number of benzene rings is 2. The minimum absolute atomic E-state index is 0.266. The number of allylic oxidation sites excluding steroid dienone is 1. The maximum atomic E-state index is 13.0. The first kappa shape index (κ1) is 18.1. The van der Waals surface area contributed by atoms with Crippen molar-refractivity contribution in [1.29, 1.82) is 5.41 Å². The SMILES string of the molecule is CC(NC(=O)c1ccc(/C(C=N)=C/N)c(C=O)c1)c1ccc(F)cc1. The van der Waals surface area contributed by atoms with Crippen molar-refractivity contribution >= 4 is 24.0 Å². The number of aldehydes is 1. The molecular formula is C19H18FN3O2. The molecule has 0 saturated heterocycles. The van der Waals surface area contributed by atoms with Crippen LogP contribution >= 0.6 is 0 Å². The van der Waals surface area contributed by atoms with Gasteiger partial charge in [0.2, 0.25) is 0 Å². The lowest BCUT2D eigenvalue weighted by Gasteiger charge is -2.15. The van der Waals surface area contributed by atoms with Gasteiger partial charge in [0, 0.05) is 29.1 Å². The van der Waals surface area contributed by atoms with Crippen LogP contribution < -0.4 is 11.1 Å². The second-order valence-electron chi connectivity index (χ2n) is 5.43. The van der Waals surface area contributed by atoms with E-state index in [0.29, 0.717) is 23.0 Å². The second kappa shape index (κ2) is 8.01. The van der Waals surface area contributed by atoms with Gasteiger partial charge < -0.3 is 16.5 Å². The van der Waals surface area contributed by atoms with E-state index in [9.17, 15) is 14.0 Å². The summed E-state index contributed by atoms with van der Waals surface area (Å²) in [5.41, 5.74) is 7.64. The fourth-order valence-electron chi connectivity index (χ4n) is 2.39. The molecule has 6 heteroatoms. The first-order valence-electron chi connectivity index (χ1n) is 7.58. The number of nitrogens with one attached hydrogen (secondary N) is 2. The number of rotatable bonds is 6. The molecule has 25 heavy (non-hydrogen) atoms. The number of carbonyl (C=O) groups excluding carboxylic acids is 2. The van der Waals surface area contributed by atoms with E-state index < -0.39 is 0 Å². The molecule has 0 bridgehead atoms. The van der Waals surface area contributed by atoms with Crippen LogP contribution in [0, 0.1) is 11.2 Å². The van der Waals surface area contributed by atoms with Crippen molar-refractivity contribution in [2.75, 3.05) is 0 Å². The van der Waals surface area contributed by atoms with Gasteiger partial charge in [0.15, 0.2) is 6.29 Å². The van der Waals surface area contributed by atoms with E-state index in [4.69, 9.17) is 11.1 Å². The molecule has 0 spiro atoms. The van der Waals surface area contributed by atoms with E-state index in [1.54, 1.807) is 31.2 Å². The summed E-state index contributed by atoms with van der Waals surface area (Å²) in [4.78, 5) is 23.7. The molecule has 0 aliphatic rings. The van der Waals surface area contributed by atoms with Crippen LogP contribution in [-0.4, -0.2) is 18.4 Å². The van der Waals surface area contributed by atoms with Gasteiger partial charge in [0.25, 0.3) is 5.91 Å². The van der Waals surface area contributed by atoms with Crippen molar-refractivity contribution in [2.24, 2.45) is 5.73 Å². The second-order valence-corrected chi connectivity index (χ2v) is 5.43. The minimum Gasteiger partial charge on any atom is -0.404 e. The first-order valence-corrected chi connectivity index (χ1v) is 7.58. The summed E-state index contributed by atoms with van der Waals surface area (Å²) in [6, 6.07) is 10.1. The van der Waals surface area contributed by atoms with Crippen LogP contribution in [-0.2, 0) is 0 Å². The van der Waals surface area contributed by atoms with Gasteiger partial charge in [-0.25, -0.2) is 4.39 Å². The van der Waals surface area contributed by atoms with Gasteiger partial charge in [-0.1, -0.05) is 18.2 Å². The molecule has 1 amide bonds. The van der Waals surface area contributed by atoms with Gasteiger partial charge in [-0.05, 0) is 42.3 Å². The lowest BCUT2D eigenvalue weighted by Crippen LogP contribution is -2.26. The highest BCUT2D eigenvalue weighted by atomic mass is 19.1. The van der Waals surface area contributed by atoms with Gasteiger partial charge in [0.05, 0.1) is 6.04 Å². The third kappa shape index (κ3) is 4.17. The van der Waals surface area contributed by atoms with E-state index in [1.807, 2.05) is 0 Å². The molecule has 2 rings (SSSR count). The zero-order chi connectivity index (χ0) is 18.4. The topological polar surface area (TPSA) is 96.0 Å². The van der Waals surface area contributed by atoms with Gasteiger partial charge in [0.1, 0.15) is 5.82 Å². The molecule has 0 fully saturated rings. The predicted octanol–water partition coefficient (Wildman–Crippen LogP) is 3.08. The minimum atomic E-state index is -0.361. The number of hydrogen-bond acceptors (Lipinski definition) is 4. The van der Waals surface area contributed by atoms with Crippen LogP contribution in [0.1, 0.15) is 44.8 Å². The fourth-order valence-corrected chi connectivity index (χ4v) is 2.39. The number of amides is 1. The Hall–Kier alpha value is -3.28. The molecule has 0 aliphatic heterocycles. The lowest BCUT2D eigenvalue weighted by atomic mass is 9.98. The molecule has 5 nitrogen and oxygen atoms in total. The Bertz CT molecular complexity index is 829. The van der Waals surface area contributed by atoms with E-state index in [2.05, 4.69) is 5.32 Å². The summed E-state index contributed by atoms with van der Waals surface area (Å²) >= 11 is 0. The molecule has 0 aliphatic carbocycles. The Balaban J connectivity index is 2.23. The highest BCUT2D eigenvalue weighted by molar-refractivity contribution is 6.11. The largest absolute Gasteiger partial charge is 0.404 e. The molecule has 2 aromatic carbocycles. The molecule has 4 N–H and O–H groups in total. The summed E-state index contributed by atoms with van der Waals surface area (Å²) in [5, 5.41) is 10.1. The standard InChI is InChI=1S/C19H18FN3O2/c1-12(13-2-5-17(20)6-3-13)23-19(25)14-4-7-18(15(8-14)11-24)16(9-21)10-22/h2-12,21H,22H2,1H3,(H,23,25)/b16-10+,21-9?. The molecule has 0 heterocycles. The van der Waals surface area contributed by atoms with Crippen molar-refractivity contribution in [3.05, 3.63) is 76.7 Å². The maximum absolute atomic E-state index is 13.0. The van der Waals surface area contributed by atoms with Crippen LogP contribution in [0.3, 0.4) is 0 Å². The third-order valence-electron chi connectivity index (χ3n) is 3.80. The van der Waals surface area contributed by atoms with Crippen molar-refractivity contribution in [1.82, 2.24) is 5.32 Å². The van der Waals surface area contributed by atoms with Gasteiger partial charge in [-0.3, -0.25) is 9.59 Å². The highest BCUT2D eigenvalue weighted by Gasteiger charge is 2.14. The summed E-state index contributed by atoms with van der Waals surface area (Å²) in [7, 11) is 0. The van der Waals surface area contributed by atoms with Crippen molar-refractivity contribution in [2.45, 2.75) is 13.0 Å². The van der Waals surface area contributed by atoms with Crippen molar-refractivity contribution in [3.63, 3.8) is 0 Å². The Kier molecular flexibility index (Phi) is 5.79. The maximum Gasteiger partial charge on any atom is 0.251 e. The summed E-state index contributed by atoms with van der Waals surface area (Å²) in [5.74, 6) is -0.706. The molecule has 0 aromatic heterocycles. The van der Waals surface area contributed by atoms with E-state index in [0.717, 1.165) is 11.8 Å². The van der Waals surface area contributed by atoms with E-state index >= 15 is 0 Å². The summed E-state index contributed by atoms with van der Waals surface area (Å²) in [6.45, 7) is 1.78. The molecule has 128 valence electrons. The first-order chi connectivity index (χ1) is 12.0. The smallest absolute Gasteiger partial charge is 0.251 e. The summed E-state index contributed by atoms with van der Waals surface area (Å²) < 4.78 is 13.0. The highest BCUT2D eigenvalue weighted by Crippen LogP contribution is 2.19. The molecular weight excluding hydrogens is 321 g/mol. The summed E-state index contributed by atoms with van der Waals surface area (Å²) in [6.07, 6.45) is 2.88. The lowest BCUT2D eigenvalue weighted by molar-refractivity contribution is 0.0940. The normalized spacial score (nSPS) is 12.3. The molecule has 2 aromatic rings. The van der Waals surface area contributed by atoms with Crippen LogP contribution in [0.15, 0.2) is 48.7 Å². The Morgan fingerprint density at radius 2 is 1.92 bits per heavy atom. The van der Waals surface area contributed by atoms with Crippen molar-refractivity contribution < 1.29 is 14.0 Å². The Labute approximate surface area is 144 Å². The number of nitrogens with two attached hydrogens (primary N) is 1. The van der Waals surface area contributed by atoms with Crippen LogP contribution in [0.5, 0.6) is 0 Å². The number of hydrogen-bond donors (Lipinski definition) is 3. The number of halogens is 1. The zero-order valence-corrected chi connectivity index (χ0v) is 13.6. The quantitative estimate of drug-likeness (QED) is 0.557. The Morgan fingerprint density at radius 1 is 1.24 bits per heavy atom. The monoisotopic (exact) mass is 339 g/mol. The molecule has 0 saturated carbocycles. The third-order valence-corrected chi connectivity index (χ3v) is 3.80. The Morgan fingerprint density at radius 3 is 2.48 bits per heavy atom. The van der Waals surface area contributed by atoms with Crippen molar-refractivity contribution in [3.8, 4) is 0 Å². The average Bonchev–Trinajstić information content (AvgIpc) is 2.63. The zero-order valence-electron chi connectivity index (χ0n) is 13.6. The average molecular weight is 339 g/mol. The molecule has 1 unspecified atom stereocenters. The van der Waals surface area contributed by atoms with Gasteiger partial charge in [-0.15, -0.1) is 0 Å². The van der Waals surface area contributed by atoms with Crippen LogP contribution in [0.4, 0.5) is 4.39 Å². The van der Waals surface area contributed by atoms with Gasteiger partial charge >= 0.3 is 0 Å². The van der Waals surface area contributed by atoms with E-state index in [1.165, 1.54) is 24.4 Å². The predicted molar refractivity (Wildman–Crippen MR) is 95.1 cm³/mol. The molecule has 0 radical (unpaired) electrons. The van der Waals surface area contributed by atoms with Crippen LogP contribution in [0.25, 0.3) is 5.57 Å². The molecule has 1 atom stereocenters. The number of carbonyl (C=O) groups is 2. The fraction of sp³-hybridized carbons (Fsp3) is 0.105. The van der Waals surface area contributed by atoms with E-state index in [-0.39, 0.29) is 23.3 Å². The van der Waals surface area contributed by atoms with Gasteiger partial charge in [-0.2, -0.15) is 0 Å². The van der Waals surface area contributed by atoms with Crippen LogP contribution in [0.2, 0.25) is 0 Å².